The standard InChI is InChI=1S/C16H36N.BrH/c1-5-9-13-17(14-10-6-2,15-11-7-3)16-12-8-4;/h5-16H2,1-4H3;1H/q+1;/p-1/i17+1;. The Kier molecular flexibility index (Phi) is 16.0. The molecule has 0 saturated heterocycles. The van der Waals surface area contributed by atoms with Crippen LogP contribution < -0.4 is 17.0 Å². The van der Waals surface area contributed by atoms with E-state index in [9.17, 15) is 0 Å². The van der Waals surface area contributed by atoms with Gasteiger partial charge in [0.25, 0.3) is 0 Å². The maximum Gasteiger partial charge on any atom is 0.0786 e. The molecular formula is C16H36BrN. The Hall–Kier alpha value is 0.440. The second kappa shape index (κ2) is 13.9. The zero-order chi connectivity index (χ0) is 13.0. The van der Waals surface area contributed by atoms with E-state index in [1.165, 1.54) is 82.0 Å². The van der Waals surface area contributed by atoms with Crippen LogP contribution in [0, 0.1) is 0 Å². The minimum Gasteiger partial charge on any atom is -1.00 e. The lowest BCUT2D eigenvalue weighted by molar-refractivity contribution is -0.929. The van der Waals surface area contributed by atoms with Crippen molar-refractivity contribution < 1.29 is 21.5 Å². The van der Waals surface area contributed by atoms with Crippen molar-refractivity contribution in [1.82, 2.24) is 0 Å². The van der Waals surface area contributed by atoms with Crippen LogP contribution in [0.15, 0.2) is 0 Å². The van der Waals surface area contributed by atoms with E-state index in [4.69, 9.17) is 0 Å². The van der Waals surface area contributed by atoms with Gasteiger partial charge in [-0.25, -0.2) is 0 Å². The van der Waals surface area contributed by atoms with E-state index < -0.39 is 0 Å². The fourth-order valence-corrected chi connectivity index (χ4v) is 2.64. The molecule has 0 aliphatic rings. The van der Waals surface area contributed by atoms with Gasteiger partial charge in [-0.05, 0) is 25.7 Å². The number of quaternary nitrogens is 1. The van der Waals surface area contributed by atoms with Crippen molar-refractivity contribution in [3.8, 4) is 0 Å². The quantitative estimate of drug-likeness (QED) is 0.381. The zero-order valence-corrected chi connectivity index (χ0v) is 14.9. The van der Waals surface area contributed by atoms with Crippen LogP contribution in [-0.2, 0) is 0 Å². The van der Waals surface area contributed by atoms with Crippen LogP contribution in [0.3, 0.4) is 0 Å². The molecule has 0 heterocycles. The molecule has 18 heavy (non-hydrogen) atoms. The van der Waals surface area contributed by atoms with Crippen LogP contribution in [0.1, 0.15) is 79.1 Å². The van der Waals surface area contributed by atoms with Crippen molar-refractivity contribution in [3.63, 3.8) is 0 Å². The molecule has 0 radical (unpaired) electrons. The number of hydrogen-bond donors (Lipinski definition) is 0. The van der Waals surface area contributed by atoms with Gasteiger partial charge in [-0.2, -0.15) is 0 Å². The molecule has 0 fully saturated rings. The Morgan fingerprint density at radius 2 is 0.722 bits per heavy atom. The summed E-state index contributed by atoms with van der Waals surface area (Å²) in [6, 6.07) is 0. The third kappa shape index (κ3) is 9.38. The van der Waals surface area contributed by atoms with E-state index in [1.807, 2.05) is 0 Å². The van der Waals surface area contributed by atoms with E-state index in [-0.39, 0.29) is 17.0 Å². The Morgan fingerprint density at radius 3 is 0.889 bits per heavy atom. The molecule has 0 unspecified atom stereocenters. The first kappa shape index (κ1) is 20.8. The van der Waals surface area contributed by atoms with Gasteiger partial charge in [-0.15, -0.1) is 0 Å². The van der Waals surface area contributed by atoms with Gasteiger partial charge in [0.1, 0.15) is 0 Å². The minimum atomic E-state index is 0. The van der Waals surface area contributed by atoms with Crippen molar-refractivity contribution in [2.24, 2.45) is 0 Å². The van der Waals surface area contributed by atoms with Crippen molar-refractivity contribution in [3.05, 3.63) is 0 Å². The van der Waals surface area contributed by atoms with E-state index in [2.05, 4.69) is 27.7 Å². The Bertz CT molecular complexity index is 122. The summed E-state index contributed by atoms with van der Waals surface area (Å²) >= 11 is 0. The normalized spacial score (nSPS) is 11.3. The summed E-state index contributed by atoms with van der Waals surface area (Å²) in [4.78, 5) is 0. The number of hydrogen-bond acceptors (Lipinski definition) is 0. The van der Waals surface area contributed by atoms with Gasteiger partial charge >= 0.3 is 0 Å². The summed E-state index contributed by atoms with van der Waals surface area (Å²) in [5.41, 5.74) is 0. The highest BCUT2D eigenvalue weighted by atomic mass is 79.9. The Labute approximate surface area is 127 Å². The first-order valence-corrected chi connectivity index (χ1v) is 8.09. The first-order chi connectivity index (χ1) is 8.24. The van der Waals surface area contributed by atoms with Gasteiger partial charge in [0.2, 0.25) is 0 Å². The maximum absolute atomic E-state index is 2.33. The van der Waals surface area contributed by atoms with Gasteiger partial charge in [0.05, 0.1) is 26.2 Å². The van der Waals surface area contributed by atoms with E-state index in [0.29, 0.717) is 0 Å². The van der Waals surface area contributed by atoms with Gasteiger partial charge in [0, 0.05) is 0 Å². The molecular weight excluding hydrogens is 287 g/mol. The second-order valence-corrected chi connectivity index (χ2v) is 5.65. The highest BCUT2D eigenvalue weighted by molar-refractivity contribution is 4.49. The van der Waals surface area contributed by atoms with Crippen molar-refractivity contribution in [2.45, 2.75) is 79.1 Å². The van der Waals surface area contributed by atoms with Crippen LogP contribution in [0.5, 0.6) is 0 Å². The lowest BCUT2D eigenvalue weighted by Crippen LogP contribution is -3.00. The van der Waals surface area contributed by atoms with E-state index >= 15 is 0 Å². The zero-order valence-electron chi connectivity index (χ0n) is 13.3. The number of halogens is 1. The number of unbranched alkanes of at least 4 members (excludes halogenated alkanes) is 4. The molecule has 0 bridgehead atoms. The fourth-order valence-electron chi connectivity index (χ4n) is 2.64. The second-order valence-electron chi connectivity index (χ2n) is 5.65. The predicted molar refractivity (Wildman–Crippen MR) is 79.4 cm³/mol. The van der Waals surface area contributed by atoms with Gasteiger partial charge in [-0.3, -0.25) is 0 Å². The molecule has 0 aliphatic carbocycles. The smallest absolute Gasteiger partial charge is 0.0786 e. The summed E-state index contributed by atoms with van der Waals surface area (Å²) in [6.45, 7) is 15.0. The van der Waals surface area contributed by atoms with Crippen LogP contribution in [0.2, 0.25) is 0 Å². The molecule has 0 aromatic heterocycles. The average Bonchev–Trinajstić information content (AvgIpc) is 2.37. The summed E-state index contributed by atoms with van der Waals surface area (Å²) in [5.74, 6) is 0. The molecule has 0 amide bonds. The van der Waals surface area contributed by atoms with E-state index in [0.717, 1.165) is 0 Å². The van der Waals surface area contributed by atoms with Crippen molar-refractivity contribution >= 4 is 0 Å². The molecule has 0 rings (SSSR count). The summed E-state index contributed by atoms with van der Waals surface area (Å²) in [6.07, 6.45) is 11.1. The van der Waals surface area contributed by atoms with Gasteiger partial charge in [-0.1, -0.05) is 53.4 Å². The Balaban J connectivity index is 0. The molecule has 0 aromatic rings. The van der Waals surface area contributed by atoms with Crippen molar-refractivity contribution in [1.29, 1.82) is 0 Å². The number of rotatable bonds is 12. The topological polar surface area (TPSA) is 0 Å². The molecule has 112 valence electrons. The summed E-state index contributed by atoms with van der Waals surface area (Å²) in [7, 11) is 0. The molecule has 0 aromatic carbocycles. The largest absolute Gasteiger partial charge is 1.00 e. The lowest BCUT2D eigenvalue weighted by Gasteiger charge is -2.39. The van der Waals surface area contributed by atoms with Crippen LogP contribution in [0.4, 0.5) is 0 Å². The molecule has 0 N–H and O–H groups in total. The monoisotopic (exact) mass is 322 g/mol. The Morgan fingerprint density at radius 1 is 0.500 bits per heavy atom. The molecule has 0 atom stereocenters. The minimum absolute atomic E-state index is 0. The highest BCUT2D eigenvalue weighted by Gasteiger charge is 2.24. The molecule has 2 heteroatoms. The molecule has 0 saturated carbocycles. The predicted octanol–water partition coefficient (Wildman–Crippen LogP) is 2.01. The first-order valence-electron chi connectivity index (χ1n) is 8.09. The third-order valence-electron chi connectivity index (χ3n) is 3.94. The lowest BCUT2D eigenvalue weighted by atomic mass is 10.2. The van der Waals surface area contributed by atoms with Gasteiger partial charge in [0.15, 0.2) is 0 Å². The molecule has 0 aliphatic heterocycles. The van der Waals surface area contributed by atoms with Crippen LogP contribution in [0.25, 0.3) is 0 Å². The molecule has 0 spiro atoms. The van der Waals surface area contributed by atoms with Crippen LogP contribution in [-0.4, -0.2) is 30.7 Å². The average molecular weight is 323 g/mol. The van der Waals surface area contributed by atoms with E-state index in [1.54, 1.807) is 0 Å². The summed E-state index contributed by atoms with van der Waals surface area (Å²) in [5, 5.41) is 0. The van der Waals surface area contributed by atoms with Gasteiger partial charge < -0.3 is 21.5 Å². The van der Waals surface area contributed by atoms with Crippen LogP contribution >= 0.6 is 0 Å². The van der Waals surface area contributed by atoms with Crippen molar-refractivity contribution in [2.75, 3.05) is 26.2 Å². The molecule has 1 nitrogen and oxygen atoms in total. The maximum atomic E-state index is 2.33. The summed E-state index contributed by atoms with van der Waals surface area (Å²) < 4.78 is 1.42. The fraction of sp³-hybridized carbons (Fsp3) is 1.00. The highest BCUT2D eigenvalue weighted by Crippen LogP contribution is 2.16. The third-order valence-corrected chi connectivity index (χ3v) is 3.94. The number of nitrogens with zero attached hydrogens (tertiary/aromatic N) is 1. The SMILES string of the molecule is CCCC[15N+](CCCC)(CCCC)CCCC.[Br-].